The second-order valence-corrected chi connectivity index (χ2v) is 6.75. The second-order valence-electron chi connectivity index (χ2n) is 6.75. The average molecular weight is 383 g/mol. The fourth-order valence-corrected chi connectivity index (χ4v) is 2.86. The molecule has 150 valence electrons. The molecule has 0 heterocycles. The molecule has 0 radical (unpaired) electrons. The lowest BCUT2D eigenvalue weighted by atomic mass is 10.1. The smallest absolute Gasteiger partial charge is 0.307 e. The van der Waals surface area contributed by atoms with Gasteiger partial charge >= 0.3 is 5.97 Å². The number of ether oxygens (including phenoxy) is 2. The van der Waals surface area contributed by atoms with Gasteiger partial charge in [0.2, 0.25) is 5.91 Å². The first-order chi connectivity index (χ1) is 13.6. The van der Waals surface area contributed by atoms with Crippen LogP contribution in [0, 0.1) is 6.92 Å². The van der Waals surface area contributed by atoms with E-state index in [9.17, 15) is 9.59 Å². The van der Waals surface area contributed by atoms with Crippen LogP contribution < -0.4 is 4.74 Å². The van der Waals surface area contributed by atoms with E-state index >= 15 is 0 Å². The van der Waals surface area contributed by atoms with Crippen molar-refractivity contribution >= 4 is 11.9 Å². The Bertz CT molecular complexity index is 745. The maximum absolute atomic E-state index is 12.7. The maximum Gasteiger partial charge on any atom is 0.307 e. The van der Waals surface area contributed by atoms with E-state index in [4.69, 9.17) is 9.47 Å². The van der Waals surface area contributed by atoms with Crippen molar-refractivity contribution < 1.29 is 19.1 Å². The van der Waals surface area contributed by atoms with E-state index in [1.54, 1.807) is 4.90 Å². The molecule has 5 heteroatoms. The van der Waals surface area contributed by atoms with Crippen molar-refractivity contribution in [3.8, 4) is 5.75 Å². The molecule has 0 fully saturated rings. The van der Waals surface area contributed by atoms with Gasteiger partial charge in [-0.25, -0.2) is 0 Å². The number of esters is 1. The van der Waals surface area contributed by atoms with Crippen LogP contribution in [0.25, 0.3) is 0 Å². The van der Waals surface area contributed by atoms with Crippen molar-refractivity contribution in [3.63, 3.8) is 0 Å². The van der Waals surface area contributed by atoms with Crippen LogP contribution in [0.2, 0.25) is 0 Å². The Morgan fingerprint density at radius 2 is 1.75 bits per heavy atom. The summed E-state index contributed by atoms with van der Waals surface area (Å²) in [5.41, 5.74) is 2.21. The number of amides is 1. The van der Waals surface area contributed by atoms with Crippen molar-refractivity contribution in [1.29, 1.82) is 0 Å². The highest BCUT2D eigenvalue weighted by Gasteiger charge is 2.15. The molecule has 0 atom stereocenters. The fourth-order valence-electron chi connectivity index (χ4n) is 2.86. The van der Waals surface area contributed by atoms with Gasteiger partial charge < -0.3 is 14.4 Å². The van der Waals surface area contributed by atoms with Crippen molar-refractivity contribution in [2.75, 3.05) is 20.3 Å². The van der Waals surface area contributed by atoms with Crippen LogP contribution in [0.3, 0.4) is 0 Å². The van der Waals surface area contributed by atoms with Gasteiger partial charge in [-0.1, -0.05) is 42.5 Å². The van der Waals surface area contributed by atoms with Crippen LogP contribution in [-0.4, -0.2) is 37.0 Å². The number of unbranched alkanes of at least 4 members (excludes halogenated alkanes) is 1. The molecule has 0 aliphatic rings. The molecule has 1 amide bonds. The summed E-state index contributed by atoms with van der Waals surface area (Å²) in [6, 6.07) is 17.7. The zero-order valence-corrected chi connectivity index (χ0v) is 16.7. The largest absolute Gasteiger partial charge is 0.494 e. The predicted molar refractivity (Wildman–Crippen MR) is 109 cm³/mol. The molecule has 0 saturated carbocycles. The van der Waals surface area contributed by atoms with Crippen LogP contribution >= 0.6 is 0 Å². The molecule has 0 N–H and O–H groups in total. The number of aryl methyl sites for hydroxylation is 1. The number of benzene rings is 2. The number of nitrogens with zero attached hydrogens (tertiary/aromatic N) is 1. The Labute approximate surface area is 167 Å². The lowest BCUT2D eigenvalue weighted by Gasteiger charge is -2.22. The summed E-state index contributed by atoms with van der Waals surface area (Å²) in [7, 11) is 1.36. The van der Waals surface area contributed by atoms with Crippen LogP contribution in [0.4, 0.5) is 0 Å². The third kappa shape index (κ3) is 7.82. The molecule has 0 aromatic heterocycles. The molecule has 2 aromatic carbocycles. The molecular formula is C23H29NO4. The Hall–Kier alpha value is -2.82. The van der Waals surface area contributed by atoms with Gasteiger partial charge in [0.1, 0.15) is 5.75 Å². The summed E-state index contributed by atoms with van der Waals surface area (Å²) in [6.07, 6.45) is 2.18. The molecule has 0 bridgehead atoms. The normalized spacial score (nSPS) is 10.4. The van der Waals surface area contributed by atoms with Crippen molar-refractivity contribution in [2.45, 2.75) is 39.2 Å². The van der Waals surface area contributed by atoms with E-state index in [0.717, 1.165) is 29.7 Å². The Kier molecular flexibility index (Phi) is 9.05. The van der Waals surface area contributed by atoms with E-state index in [0.29, 0.717) is 26.1 Å². The first-order valence-electron chi connectivity index (χ1n) is 9.66. The zero-order valence-electron chi connectivity index (χ0n) is 16.7. The van der Waals surface area contributed by atoms with E-state index in [2.05, 4.69) is 0 Å². The van der Waals surface area contributed by atoms with E-state index in [1.807, 2.05) is 61.5 Å². The van der Waals surface area contributed by atoms with Gasteiger partial charge in [-0.3, -0.25) is 9.59 Å². The van der Waals surface area contributed by atoms with Crippen LogP contribution in [0.5, 0.6) is 5.75 Å². The van der Waals surface area contributed by atoms with Gasteiger partial charge in [0, 0.05) is 19.5 Å². The summed E-state index contributed by atoms with van der Waals surface area (Å²) in [6.45, 7) is 3.47. The minimum atomic E-state index is -0.308. The molecule has 0 unspecified atom stereocenters. The van der Waals surface area contributed by atoms with Crippen LogP contribution in [-0.2, 0) is 20.9 Å². The summed E-state index contributed by atoms with van der Waals surface area (Å²) < 4.78 is 10.4. The first kappa shape index (κ1) is 21.5. The number of carbonyl (C=O) groups is 2. The molecular weight excluding hydrogens is 354 g/mol. The molecule has 0 saturated heterocycles. The Morgan fingerprint density at radius 1 is 0.964 bits per heavy atom. The number of hydrogen-bond donors (Lipinski definition) is 0. The monoisotopic (exact) mass is 383 g/mol. The van der Waals surface area contributed by atoms with Gasteiger partial charge in [0.05, 0.1) is 20.1 Å². The van der Waals surface area contributed by atoms with Gasteiger partial charge in [0.25, 0.3) is 0 Å². The topological polar surface area (TPSA) is 55.8 Å². The quantitative estimate of drug-likeness (QED) is 0.432. The van der Waals surface area contributed by atoms with Crippen LogP contribution in [0.15, 0.2) is 54.6 Å². The molecule has 5 nitrogen and oxygen atoms in total. The third-order valence-corrected chi connectivity index (χ3v) is 4.43. The Morgan fingerprint density at radius 3 is 2.46 bits per heavy atom. The number of hydrogen-bond acceptors (Lipinski definition) is 4. The average Bonchev–Trinajstić information content (AvgIpc) is 2.71. The predicted octanol–water partition coefficient (Wildman–Crippen LogP) is 4.14. The maximum atomic E-state index is 12.7. The molecule has 0 aliphatic heterocycles. The molecule has 2 rings (SSSR count). The molecule has 0 spiro atoms. The van der Waals surface area contributed by atoms with Gasteiger partial charge in [-0.05, 0) is 43.0 Å². The first-order valence-corrected chi connectivity index (χ1v) is 9.66. The molecule has 2 aromatic rings. The van der Waals surface area contributed by atoms with Gasteiger partial charge in [-0.2, -0.15) is 0 Å². The molecule has 28 heavy (non-hydrogen) atoms. The number of rotatable bonds is 11. The lowest BCUT2D eigenvalue weighted by molar-refractivity contribution is -0.142. The van der Waals surface area contributed by atoms with Gasteiger partial charge in [0.15, 0.2) is 0 Å². The van der Waals surface area contributed by atoms with Gasteiger partial charge in [-0.15, -0.1) is 0 Å². The highest BCUT2D eigenvalue weighted by atomic mass is 16.5. The standard InChI is InChI=1S/C23H29NO4/c1-19-9-8-12-21(17-19)28-16-7-6-13-22(25)24(15-14-23(26)27-2)18-20-10-4-3-5-11-20/h3-5,8-12,17H,6-7,13-16,18H2,1-2H3. The SMILES string of the molecule is COC(=O)CCN(Cc1ccccc1)C(=O)CCCCOc1cccc(C)c1. The van der Waals surface area contributed by atoms with E-state index in [-0.39, 0.29) is 18.3 Å². The zero-order chi connectivity index (χ0) is 20.2. The lowest BCUT2D eigenvalue weighted by Crippen LogP contribution is -2.32. The number of methoxy groups -OCH3 is 1. The number of carbonyl (C=O) groups excluding carboxylic acids is 2. The third-order valence-electron chi connectivity index (χ3n) is 4.43. The fraction of sp³-hybridized carbons (Fsp3) is 0.391. The molecule has 0 aliphatic carbocycles. The second kappa shape index (κ2) is 11.8. The minimum absolute atomic E-state index is 0.0447. The van der Waals surface area contributed by atoms with Crippen molar-refractivity contribution in [3.05, 3.63) is 65.7 Å². The van der Waals surface area contributed by atoms with Crippen molar-refractivity contribution in [2.24, 2.45) is 0 Å². The van der Waals surface area contributed by atoms with E-state index in [1.165, 1.54) is 7.11 Å². The summed E-state index contributed by atoms with van der Waals surface area (Å²) in [5.74, 6) is 0.593. The summed E-state index contributed by atoms with van der Waals surface area (Å²) in [5, 5.41) is 0. The van der Waals surface area contributed by atoms with Crippen LogP contribution in [0.1, 0.15) is 36.8 Å². The Balaban J connectivity index is 1.78. The van der Waals surface area contributed by atoms with Crippen molar-refractivity contribution in [1.82, 2.24) is 4.90 Å². The highest BCUT2D eigenvalue weighted by Crippen LogP contribution is 2.14. The summed E-state index contributed by atoms with van der Waals surface area (Å²) >= 11 is 0. The summed E-state index contributed by atoms with van der Waals surface area (Å²) in [4.78, 5) is 25.9. The van der Waals surface area contributed by atoms with E-state index < -0.39 is 0 Å². The minimum Gasteiger partial charge on any atom is -0.494 e. The highest BCUT2D eigenvalue weighted by molar-refractivity contribution is 5.77.